The van der Waals surface area contributed by atoms with Crippen LogP contribution in [0.15, 0.2) is 88.9 Å². The third-order valence-electron chi connectivity index (χ3n) is 5.31. The van der Waals surface area contributed by atoms with Gasteiger partial charge in [-0.3, -0.25) is 9.10 Å². The number of carbonyl (C=O) groups excluding carboxylic acids is 1. The predicted octanol–water partition coefficient (Wildman–Crippen LogP) is 4.77. The second-order valence-corrected chi connectivity index (χ2v) is 9.73. The fourth-order valence-corrected chi connectivity index (χ4v) is 4.88. The molecule has 0 heterocycles. The van der Waals surface area contributed by atoms with Crippen molar-refractivity contribution in [2.75, 3.05) is 17.5 Å². The summed E-state index contributed by atoms with van der Waals surface area (Å²) in [6.07, 6.45) is 4.19. The number of nitrogens with zero attached hydrogens (tertiary/aromatic N) is 2. The van der Waals surface area contributed by atoms with Crippen molar-refractivity contribution in [3.63, 3.8) is 0 Å². The molecule has 0 aromatic heterocycles. The van der Waals surface area contributed by atoms with Crippen molar-refractivity contribution in [3.05, 3.63) is 90.0 Å². The number of carbonyl (C=O) groups is 1. The van der Waals surface area contributed by atoms with E-state index in [1.165, 1.54) is 18.3 Å². The first-order valence-electron chi connectivity index (χ1n) is 11.7. The van der Waals surface area contributed by atoms with Crippen molar-refractivity contribution < 1.29 is 17.9 Å². The maximum atomic E-state index is 13.5. The zero-order chi connectivity index (χ0) is 25.1. The number of hydrogen-bond acceptors (Lipinski definition) is 5. The Morgan fingerprint density at radius 3 is 2.34 bits per heavy atom. The van der Waals surface area contributed by atoms with Gasteiger partial charge in [0.1, 0.15) is 12.3 Å². The first kappa shape index (κ1) is 26.0. The first-order valence-corrected chi connectivity index (χ1v) is 13.1. The minimum Gasteiger partial charge on any atom is -0.494 e. The summed E-state index contributed by atoms with van der Waals surface area (Å²) in [7, 11) is -3.97. The van der Waals surface area contributed by atoms with E-state index in [9.17, 15) is 13.2 Å². The fourth-order valence-electron chi connectivity index (χ4n) is 3.40. The molecule has 0 aliphatic carbocycles. The molecule has 0 aliphatic heterocycles. The fraction of sp³-hybridized carbons (Fsp3) is 0.259. The number of anilines is 1. The molecule has 0 aliphatic rings. The summed E-state index contributed by atoms with van der Waals surface area (Å²) >= 11 is 0. The molecule has 0 fully saturated rings. The number of ether oxygens (including phenoxy) is 1. The van der Waals surface area contributed by atoms with Crippen LogP contribution in [0, 0.1) is 0 Å². The molecule has 3 rings (SSSR count). The van der Waals surface area contributed by atoms with E-state index in [0.29, 0.717) is 18.7 Å². The number of hydrogen-bond donors (Lipinski definition) is 1. The van der Waals surface area contributed by atoms with Gasteiger partial charge in [0, 0.05) is 0 Å². The average Bonchev–Trinajstić information content (AvgIpc) is 2.89. The lowest BCUT2D eigenvalue weighted by Gasteiger charge is -2.25. The van der Waals surface area contributed by atoms with Crippen LogP contribution in [-0.4, -0.2) is 33.7 Å². The van der Waals surface area contributed by atoms with Crippen molar-refractivity contribution in [3.8, 4) is 5.75 Å². The SMILES string of the molecule is CCCCOc1ccc(C=NNC(=O)CN(c2ccccc2CC)S(=O)(=O)c2ccccc2)cc1. The summed E-state index contributed by atoms with van der Waals surface area (Å²) in [5, 5.41) is 4.00. The zero-order valence-electron chi connectivity index (χ0n) is 20.1. The van der Waals surface area contributed by atoms with Gasteiger partial charge in [0.25, 0.3) is 15.9 Å². The molecular formula is C27H31N3O4S. The van der Waals surface area contributed by atoms with Crippen molar-refractivity contribution in [2.45, 2.75) is 38.0 Å². The number of para-hydroxylation sites is 1. The van der Waals surface area contributed by atoms with Crippen molar-refractivity contribution in [2.24, 2.45) is 5.10 Å². The highest BCUT2D eigenvalue weighted by atomic mass is 32.2. The second kappa shape index (κ2) is 12.7. The maximum absolute atomic E-state index is 13.5. The number of benzene rings is 3. The third kappa shape index (κ3) is 7.16. The Balaban J connectivity index is 1.74. The summed E-state index contributed by atoms with van der Waals surface area (Å²) in [5.41, 5.74) is 4.51. The van der Waals surface area contributed by atoms with Gasteiger partial charge in [-0.1, -0.05) is 56.7 Å². The molecule has 184 valence electrons. The quantitative estimate of drug-likeness (QED) is 0.224. The molecule has 3 aromatic rings. The molecule has 0 atom stereocenters. The molecule has 0 unspecified atom stereocenters. The van der Waals surface area contributed by atoms with Gasteiger partial charge in [-0.25, -0.2) is 13.8 Å². The van der Waals surface area contributed by atoms with Gasteiger partial charge in [-0.2, -0.15) is 5.10 Å². The normalized spacial score (nSPS) is 11.4. The average molecular weight is 494 g/mol. The van der Waals surface area contributed by atoms with Gasteiger partial charge in [0.05, 0.1) is 23.4 Å². The van der Waals surface area contributed by atoms with Crippen LogP contribution in [0.4, 0.5) is 5.69 Å². The highest BCUT2D eigenvalue weighted by Crippen LogP contribution is 2.27. The molecule has 0 spiro atoms. The minimum atomic E-state index is -3.97. The van der Waals surface area contributed by atoms with Crippen LogP contribution in [0.25, 0.3) is 0 Å². The van der Waals surface area contributed by atoms with Crippen LogP contribution in [0.5, 0.6) is 5.75 Å². The number of unbranched alkanes of at least 4 members (excludes halogenated alkanes) is 1. The Kier molecular flexibility index (Phi) is 9.43. The number of rotatable bonds is 12. The molecule has 0 saturated carbocycles. The van der Waals surface area contributed by atoms with Gasteiger partial charge >= 0.3 is 0 Å². The Bertz CT molecular complexity index is 1230. The summed E-state index contributed by atoms with van der Waals surface area (Å²) in [6, 6.07) is 22.6. The van der Waals surface area contributed by atoms with Gasteiger partial charge in [0.15, 0.2) is 0 Å². The molecule has 0 saturated heterocycles. The third-order valence-corrected chi connectivity index (χ3v) is 7.08. The number of nitrogens with one attached hydrogen (secondary N) is 1. The van der Waals surface area contributed by atoms with E-state index in [4.69, 9.17) is 4.74 Å². The Hall–Kier alpha value is -3.65. The van der Waals surface area contributed by atoms with Gasteiger partial charge in [0.2, 0.25) is 0 Å². The molecule has 8 heteroatoms. The van der Waals surface area contributed by atoms with Crippen molar-refractivity contribution >= 4 is 27.8 Å². The van der Waals surface area contributed by atoms with Crippen LogP contribution < -0.4 is 14.5 Å². The lowest BCUT2D eigenvalue weighted by atomic mass is 10.1. The standard InChI is InChI=1S/C27H31N3O4S/c1-3-5-19-34-24-17-15-22(16-18-24)20-28-29-27(31)21-30(26-14-10-9-11-23(26)4-2)35(32,33)25-12-7-6-8-13-25/h6-18,20H,3-5,19,21H2,1-2H3,(H,29,31). The number of amides is 1. The molecule has 7 nitrogen and oxygen atoms in total. The molecule has 3 aromatic carbocycles. The molecule has 0 radical (unpaired) electrons. The van der Waals surface area contributed by atoms with E-state index in [1.807, 2.05) is 43.3 Å². The van der Waals surface area contributed by atoms with E-state index < -0.39 is 22.5 Å². The summed E-state index contributed by atoms with van der Waals surface area (Å²) in [5.74, 6) is 0.224. The van der Waals surface area contributed by atoms with Gasteiger partial charge < -0.3 is 4.74 Å². The number of aryl methyl sites for hydroxylation is 1. The van der Waals surface area contributed by atoms with E-state index in [0.717, 1.165) is 34.0 Å². The number of hydrazone groups is 1. The highest BCUT2D eigenvalue weighted by molar-refractivity contribution is 7.92. The molecule has 1 N–H and O–H groups in total. The second-order valence-electron chi connectivity index (χ2n) is 7.87. The maximum Gasteiger partial charge on any atom is 0.264 e. The van der Waals surface area contributed by atoms with Crippen LogP contribution in [0.3, 0.4) is 0 Å². The minimum absolute atomic E-state index is 0.114. The van der Waals surface area contributed by atoms with E-state index in [-0.39, 0.29) is 4.90 Å². The Labute approximate surface area is 207 Å². The van der Waals surface area contributed by atoms with Crippen LogP contribution >= 0.6 is 0 Å². The monoisotopic (exact) mass is 493 g/mol. The van der Waals surface area contributed by atoms with Crippen LogP contribution in [0.1, 0.15) is 37.8 Å². The van der Waals surface area contributed by atoms with E-state index >= 15 is 0 Å². The molecule has 35 heavy (non-hydrogen) atoms. The topological polar surface area (TPSA) is 88.1 Å². The molecule has 0 bridgehead atoms. The lowest BCUT2D eigenvalue weighted by Crippen LogP contribution is -2.40. The smallest absolute Gasteiger partial charge is 0.264 e. The van der Waals surface area contributed by atoms with Crippen molar-refractivity contribution in [1.82, 2.24) is 5.43 Å². The zero-order valence-corrected chi connectivity index (χ0v) is 20.9. The first-order chi connectivity index (χ1) is 17.0. The Morgan fingerprint density at radius 1 is 0.971 bits per heavy atom. The molecular weight excluding hydrogens is 462 g/mol. The van der Waals surface area contributed by atoms with Crippen LogP contribution in [-0.2, 0) is 21.2 Å². The largest absolute Gasteiger partial charge is 0.494 e. The summed E-state index contributed by atoms with van der Waals surface area (Å²) in [4.78, 5) is 12.9. The van der Waals surface area contributed by atoms with Gasteiger partial charge in [-0.15, -0.1) is 0 Å². The number of sulfonamides is 1. The van der Waals surface area contributed by atoms with Crippen LogP contribution in [0.2, 0.25) is 0 Å². The van der Waals surface area contributed by atoms with E-state index in [2.05, 4.69) is 17.5 Å². The summed E-state index contributed by atoms with van der Waals surface area (Å²) in [6.45, 7) is 4.31. The van der Waals surface area contributed by atoms with Crippen molar-refractivity contribution in [1.29, 1.82) is 0 Å². The van der Waals surface area contributed by atoms with Gasteiger partial charge in [-0.05, 0) is 66.4 Å². The highest BCUT2D eigenvalue weighted by Gasteiger charge is 2.28. The lowest BCUT2D eigenvalue weighted by molar-refractivity contribution is -0.119. The predicted molar refractivity (Wildman–Crippen MR) is 139 cm³/mol. The molecule has 1 amide bonds. The van der Waals surface area contributed by atoms with E-state index in [1.54, 1.807) is 30.3 Å². The summed E-state index contributed by atoms with van der Waals surface area (Å²) < 4.78 is 33.7. The Morgan fingerprint density at radius 2 is 1.66 bits per heavy atom.